The fourth-order valence-electron chi connectivity index (χ4n) is 1.41. The molecule has 1 heterocycles. The lowest BCUT2D eigenvalue weighted by Crippen LogP contribution is -2.24. The molecule has 0 aliphatic carbocycles. The lowest BCUT2D eigenvalue weighted by Gasteiger charge is -2.20. The Morgan fingerprint density at radius 3 is 2.69 bits per heavy atom. The van der Waals surface area contributed by atoms with Gasteiger partial charge in [0.05, 0.1) is 0 Å². The molecule has 0 fully saturated rings. The summed E-state index contributed by atoms with van der Waals surface area (Å²) in [5, 5.41) is 6.50. The molecule has 16 heavy (non-hydrogen) atoms. The average molecular weight is 222 g/mol. The van der Waals surface area contributed by atoms with E-state index in [1.807, 2.05) is 13.0 Å². The first-order chi connectivity index (χ1) is 7.67. The maximum absolute atomic E-state index is 4.39. The molecule has 0 aromatic carbocycles. The molecule has 0 bridgehead atoms. The highest BCUT2D eigenvalue weighted by Gasteiger charge is 2.10. The van der Waals surface area contributed by atoms with E-state index in [9.17, 15) is 0 Å². The van der Waals surface area contributed by atoms with Crippen LogP contribution in [0.3, 0.4) is 0 Å². The standard InChI is InChI=1S/C12H22N4/c1-5-9(3)10(4)15-11-7-8-14-12(16-11)13-6-2/h7-10H,5-6H2,1-4H3,(H2,13,14,15,16). The molecule has 2 N–H and O–H groups in total. The first kappa shape index (κ1) is 12.7. The van der Waals surface area contributed by atoms with Crippen LogP contribution in [-0.2, 0) is 0 Å². The van der Waals surface area contributed by atoms with Crippen molar-refractivity contribution < 1.29 is 0 Å². The van der Waals surface area contributed by atoms with E-state index in [2.05, 4.69) is 41.4 Å². The molecule has 4 heteroatoms. The van der Waals surface area contributed by atoms with E-state index >= 15 is 0 Å². The van der Waals surface area contributed by atoms with E-state index in [4.69, 9.17) is 0 Å². The summed E-state index contributed by atoms with van der Waals surface area (Å²) in [5.74, 6) is 2.21. The van der Waals surface area contributed by atoms with Gasteiger partial charge in [0.15, 0.2) is 0 Å². The highest BCUT2D eigenvalue weighted by Crippen LogP contribution is 2.13. The zero-order chi connectivity index (χ0) is 12.0. The lowest BCUT2D eigenvalue weighted by molar-refractivity contribution is 0.493. The molecule has 0 aliphatic heterocycles. The van der Waals surface area contributed by atoms with Crippen LogP contribution in [0, 0.1) is 5.92 Å². The molecule has 1 aromatic heterocycles. The normalized spacial score (nSPS) is 14.2. The van der Waals surface area contributed by atoms with Crippen LogP contribution in [0.4, 0.5) is 11.8 Å². The third-order valence-corrected chi connectivity index (χ3v) is 2.86. The second-order valence-corrected chi connectivity index (χ2v) is 4.11. The van der Waals surface area contributed by atoms with Crippen molar-refractivity contribution in [2.45, 2.75) is 40.2 Å². The second-order valence-electron chi connectivity index (χ2n) is 4.11. The van der Waals surface area contributed by atoms with Crippen LogP contribution >= 0.6 is 0 Å². The van der Waals surface area contributed by atoms with Gasteiger partial charge in [0.1, 0.15) is 5.82 Å². The van der Waals surface area contributed by atoms with Crippen LogP contribution in [0.15, 0.2) is 12.3 Å². The topological polar surface area (TPSA) is 49.8 Å². The van der Waals surface area contributed by atoms with Crippen LogP contribution < -0.4 is 10.6 Å². The molecule has 0 saturated heterocycles. The second kappa shape index (κ2) is 6.30. The molecular formula is C12H22N4. The molecule has 2 atom stereocenters. The van der Waals surface area contributed by atoms with Crippen molar-refractivity contribution in [1.82, 2.24) is 9.97 Å². The van der Waals surface area contributed by atoms with Gasteiger partial charge in [-0.25, -0.2) is 4.98 Å². The number of rotatable bonds is 6. The van der Waals surface area contributed by atoms with E-state index in [-0.39, 0.29) is 0 Å². The molecule has 0 radical (unpaired) electrons. The number of anilines is 2. The highest BCUT2D eigenvalue weighted by molar-refractivity contribution is 5.40. The van der Waals surface area contributed by atoms with Gasteiger partial charge in [0.2, 0.25) is 5.95 Å². The zero-order valence-electron chi connectivity index (χ0n) is 10.6. The summed E-state index contributed by atoms with van der Waals surface area (Å²) in [5.41, 5.74) is 0. The summed E-state index contributed by atoms with van der Waals surface area (Å²) in [6.45, 7) is 9.50. The van der Waals surface area contributed by atoms with Gasteiger partial charge in [-0.2, -0.15) is 4.98 Å². The monoisotopic (exact) mass is 222 g/mol. The maximum atomic E-state index is 4.39. The first-order valence-corrected chi connectivity index (χ1v) is 6.00. The van der Waals surface area contributed by atoms with E-state index in [1.165, 1.54) is 6.42 Å². The van der Waals surface area contributed by atoms with E-state index in [0.29, 0.717) is 17.9 Å². The van der Waals surface area contributed by atoms with Gasteiger partial charge in [0, 0.05) is 18.8 Å². The van der Waals surface area contributed by atoms with Gasteiger partial charge in [-0.15, -0.1) is 0 Å². The summed E-state index contributed by atoms with van der Waals surface area (Å²) >= 11 is 0. The fourth-order valence-corrected chi connectivity index (χ4v) is 1.41. The molecule has 0 spiro atoms. The molecule has 0 aliphatic rings. The van der Waals surface area contributed by atoms with E-state index in [0.717, 1.165) is 12.4 Å². The third-order valence-electron chi connectivity index (χ3n) is 2.86. The molecular weight excluding hydrogens is 200 g/mol. The molecule has 0 amide bonds. The van der Waals surface area contributed by atoms with Crippen LogP contribution in [0.25, 0.3) is 0 Å². The Hall–Kier alpha value is -1.32. The summed E-state index contributed by atoms with van der Waals surface area (Å²) < 4.78 is 0. The zero-order valence-corrected chi connectivity index (χ0v) is 10.6. The minimum Gasteiger partial charge on any atom is -0.367 e. The molecule has 0 saturated carbocycles. The summed E-state index contributed by atoms with van der Waals surface area (Å²) in [4.78, 5) is 8.53. The van der Waals surface area contributed by atoms with Gasteiger partial charge < -0.3 is 10.6 Å². The van der Waals surface area contributed by atoms with Crippen LogP contribution in [-0.4, -0.2) is 22.6 Å². The average Bonchev–Trinajstić information content (AvgIpc) is 2.29. The summed E-state index contributed by atoms with van der Waals surface area (Å²) in [7, 11) is 0. The Labute approximate surface area is 97.9 Å². The summed E-state index contributed by atoms with van der Waals surface area (Å²) in [6, 6.07) is 2.33. The number of aromatic nitrogens is 2. The van der Waals surface area contributed by atoms with Gasteiger partial charge in [-0.05, 0) is 25.8 Å². The van der Waals surface area contributed by atoms with Gasteiger partial charge >= 0.3 is 0 Å². The van der Waals surface area contributed by atoms with Gasteiger partial charge in [-0.3, -0.25) is 0 Å². The highest BCUT2D eigenvalue weighted by atomic mass is 15.1. The minimum absolute atomic E-state index is 0.425. The number of nitrogens with zero attached hydrogens (tertiary/aromatic N) is 2. The SMILES string of the molecule is CCNc1nccc(NC(C)C(C)CC)n1. The molecule has 1 aromatic rings. The van der Waals surface area contributed by atoms with E-state index < -0.39 is 0 Å². The lowest BCUT2D eigenvalue weighted by atomic mass is 10.0. The van der Waals surface area contributed by atoms with Crippen molar-refractivity contribution in [2.75, 3.05) is 17.2 Å². The van der Waals surface area contributed by atoms with Crippen molar-refractivity contribution in [1.29, 1.82) is 0 Å². The van der Waals surface area contributed by atoms with Crippen molar-refractivity contribution in [3.63, 3.8) is 0 Å². The molecule has 90 valence electrons. The predicted molar refractivity (Wildman–Crippen MR) is 68.7 cm³/mol. The Bertz CT molecular complexity index is 314. The van der Waals surface area contributed by atoms with Gasteiger partial charge in [0.25, 0.3) is 0 Å². The van der Waals surface area contributed by atoms with Crippen LogP contribution in [0.1, 0.15) is 34.1 Å². The quantitative estimate of drug-likeness (QED) is 0.777. The third kappa shape index (κ3) is 3.68. The van der Waals surface area contributed by atoms with Crippen molar-refractivity contribution in [3.8, 4) is 0 Å². The number of hydrogen-bond donors (Lipinski definition) is 2. The fraction of sp³-hybridized carbons (Fsp3) is 0.667. The van der Waals surface area contributed by atoms with Gasteiger partial charge in [-0.1, -0.05) is 20.3 Å². The molecule has 1 rings (SSSR count). The smallest absolute Gasteiger partial charge is 0.224 e. The van der Waals surface area contributed by atoms with Crippen molar-refractivity contribution in [3.05, 3.63) is 12.3 Å². The number of hydrogen-bond acceptors (Lipinski definition) is 4. The Morgan fingerprint density at radius 1 is 1.31 bits per heavy atom. The Kier molecular flexibility index (Phi) is 5.02. The molecule has 4 nitrogen and oxygen atoms in total. The largest absolute Gasteiger partial charge is 0.367 e. The minimum atomic E-state index is 0.425. The summed E-state index contributed by atoms with van der Waals surface area (Å²) in [6.07, 6.45) is 2.94. The number of nitrogens with one attached hydrogen (secondary N) is 2. The van der Waals surface area contributed by atoms with E-state index in [1.54, 1.807) is 6.20 Å². The predicted octanol–water partition coefficient (Wildman–Crippen LogP) is 2.75. The van der Waals surface area contributed by atoms with Crippen molar-refractivity contribution in [2.24, 2.45) is 5.92 Å². The maximum Gasteiger partial charge on any atom is 0.224 e. The first-order valence-electron chi connectivity index (χ1n) is 6.00. The van der Waals surface area contributed by atoms with Crippen LogP contribution in [0.5, 0.6) is 0 Å². The Morgan fingerprint density at radius 2 is 2.06 bits per heavy atom. The Balaban J connectivity index is 2.62. The van der Waals surface area contributed by atoms with Crippen molar-refractivity contribution >= 4 is 11.8 Å². The van der Waals surface area contributed by atoms with Crippen LogP contribution in [0.2, 0.25) is 0 Å². The molecule has 2 unspecified atom stereocenters.